The molecule has 17 heavy (non-hydrogen) atoms. The normalized spacial score (nSPS) is 22.9. The lowest BCUT2D eigenvalue weighted by Gasteiger charge is -2.30. The topological polar surface area (TPSA) is 38.7 Å². The first kappa shape index (κ1) is 12.4. The highest BCUT2D eigenvalue weighted by atomic mass is 16.7. The summed E-state index contributed by atoms with van der Waals surface area (Å²) in [5.41, 5.74) is 1.11. The summed E-state index contributed by atoms with van der Waals surface area (Å²) in [7, 11) is 0. The minimum absolute atomic E-state index is 0.297. The van der Waals surface area contributed by atoms with E-state index in [0.29, 0.717) is 5.75 Å². The number of hydrogen-bond donors (Lipinski definition) is 1. The molecule has 0 aliphatic carbocycles. The number of ether oxygens (including phenoxy) is 2. The van der Waals surface area contributed by atoms with Gasteiger partial charge < -0.3 is 14.6 Å². The Morgan fingerprint density at radius 3 is 2.06 bits per heavy atom. The van der Waals surface area contributed by atoms with Crippen molar-refractivity contribution in [3.05, 3.63) is 29.3 Å². The van der Waals surface area contributed by atoms with Crippen LogP contribution in [0.3, 0.4) is 0 Å². The maximum Gasteiger partial charge on any atom is 0.185 e. The first-order valence-electron chi connectivity index (χ1n) is 5.88. The molecule has 1 fully saturated rings. The summed E-state index contributed by atoms with van der Waals surface area (Å²) in [5, 5.41) is 9.51. The van der Waals surface area contributed by atoms with Gasteiger partial charge in [-0.25, -0.2) is 0 Å². The van der Waals surface area contributed by atoms with E-state index in [0.717, 1.165) is 11.1 Å². The van der Waals surface area contributed by atoms with E-state index in [1.54, 1.807) is 6.07 Å². The molecular weight excluding hydrogens is 216 g/mol. The summed E-state index contributed by atoms with van der Waals surface area (Å²) >= 11 is 0. The van der Waals surface area contributed by atoms with Crippen LogP contribution in [-0.2, 0) is 9.47 Å². The zero-order valence-electron chi connectivity index (χ0n) is 11.1. The Morgan fingerprint density at radius 2 is 1.59 bits per heavy atom. The number of rotatable bonds is 1. The molecule has 0 aromatic heterocycles. The highest BCUT2D eigenvalue weighted by Crippen LogP contribution is 2.45. The molecule has 0 atom stereocenters. The number of aromatic hydroxyl groups is 1. The lowest BCUT2D eigenvalue weighted by molar-refractivity contribution is -0.0896. The van der Waals surface area contributed by atoms with E-state index >= 15 is 0 Å². The molecule has 1 aliphatic rings. The molecule has 0 unspecified atom stereocenters. The van der Waals surface area contributed by atoms with Gasteiger partial charge in [-0.05, 0) is 52.3 Å². The largest absolute Gasteiger partial charge is 0.508 e. The van der Waals surface area contributed by atoms with Crippen molar-refractivity contribution in [3.63, 3.8) is 0 Å². The summed E-state index contributed by atoms with van der Waals surface area (Å²) in [6, 6.07) is 5.41. The number of phenols is 1. The zero-order valence-corrected chi connectivity index (χ0v) is 11.1. The van der Waals surface area contributed by atoms with E-state index in [2.05, 4.69) is 0 Å². The standard InChI is InChI=1S/C14H20O3/c1-9-8-10(6-7-11(9)15)12-16-13(2,3)14(4,5)17-12/h6-8,12,15H,1-5H3. The van der Waals surface area contributed by atoms with Gasteiger partial charge >= 0.3 is 0 Å². The molecule has 2 rings (SSSR count). The minimum atomic E-state index is -0.362. The van der Waals surface area contributed by atoms with E-state index in [4.69, 9.17) is 9.47 Å². The lowest BCUT2D eigenvalue weighted by atomic mass is 9.90. The molecule has 3 nitrogen and oxygen atoms in total. The molecule has 0 amide bonds. The van der Waals surface area contributed by atoms with Gasteiger partial charge in [0.15, 0.2) is 6.29 Å². The van der Waals surface area contributed by atoms with Crippen molar-refractivity contribution in [1.29, 1.82) is 0 Å². The van der Waals surface area contributed by atoms with Crippen LogP contribution in [0.25, 0.3) is 0 Å². The molecule has 0 bridgehead atoms. The van der Waals surface area contributed by atoms with Crippen molar-refractivity contribution in [2.45, 2.75) is 52.1 Å². The predicted octanol–water partition coefficient (Wildman–Crippen LogP) is 3.30. The number of hydrogen-bond acceptors (Lipinski definition) is 3. The fraction of sp³-hybridized carbons (Fsp3) is 0.571. The third-order valence-electron chi connectivity index (χ3n) is 3.75. The molecule has 0 saturated carbocycles. The molecule has 1 aromatic carbocycles. The molecular formula is C14H20O3. The molecule has 94 valence electrons. The van der Waals surface area contributed by atoms with Gasteiger partial charge in [-0.1, -0.05) is 6.07 Å². The Balaban J connectivity index is 2.29. The first-order chi connectivity index (χ1) is 7.73. The van der Waals surface area contributed by atoms with Crippen LogP contribution in [0.15, 0.2) is 18.2 Å². The van der Waals surface area contributed by atoms with Crippen LogP contribution in [0.1, 0.15) is 45.1 Å². The minimum Gasteiger partial charge on any atom is -0.508 e. The van der Waals surface area contributed by atoms with Gasteiger partial charge in [0, 0.05) is 5.56 Å². The Kier molecular flexibility index (Phi) is 2.71. The fourth-order valence-corrected chi connectivity index (χ4v) is 1.80. The maximum absolute atomic E-state index is 9.51. The highest BCUT2D eigenvalue weighted by Gasteiger charge is 2.49. The van der Waals surface area contributed by atoms with E-state index in [1.165, 1.54) is 0 Å². The number of benzene rings is 1. The second-order valence-corrected chi connectivity index (χ2v) is 5.63. The molecule has 1 N–H and O–H groups in total. The lowest BCUT2D eigenvalue weighted by Crippen LogP contribution is -2.41. The summed E-state index contributed by atoms with van der Waals surface area (Å²) in [6.07, 6.45) is -0.362. The highest BCUT2D eigenvalue weighted by molar-refractivity contribution is 5.35. The summed E-state index contributed by atoms with van der Waals surface area (Å²) < 4.78 is 11.9. The van der Waals surface area contributed by atoms with Gasteiger partial charge in [-0.15, -0.1) is 0 Å². The van der Waals surface area contributed by atoms with Crippen LogP contribution in [0, 0.1) is 6.92 Å². The monoisotopic (exact) mass is 236 g/mol. The maximum atomic E-state index is 9.51. The molecule has 1 aliphatic heterocycles. The third kappa shape index (κ3) is 2.05. The Bertz CT molecular complexity index is 419. The number of aryl methyl sites for hydroxylation is 1. The molecule has 1 saturated heterocycles. The van der Waals surface area contributed by atoms with Crippen molar-refractivity contribution >= 4 is 0 Å². The van der Waals surface area contributed by atoms with E-state index in [1.807, 2.05) is 46.8 Å². The van der Waals surface area contributed by atoms with Gasteiger partial charge in [0.05, 0.1) is 11.2 Å². The smallest absolute Gasteiger partial charge is 0.185 e. The quantitative estimate of drug-likeness (QED) is 0.813. The van der Waals surface area contributed by atoms with Crippen molar-refractivity contribution in [1.82, 2.24) is 0 Å². The Morgan fingerprint density at radius 1 is 1.06 bits per heavy atom. The van der Waals surface area contributed by atoms with Gasteiger partial charge in [-0.3, -0.25) is 0 Å². The van der Waals surface area contributed by atoms with Crippen LogP contribution in [0.4, 0.5) is 0 Å². The summed E-state index contributed by atoms with van der Waals surface area (Å²) in [6.45, 7) is 9.98. The second kappa shape index (κ2) is 3.72. The van der Waals surface area contributed by atoms with Gasteiger partial charge in [-0.2, -0.15) is 0 Å². The van der Waals surface area contributed by atoms with E-state index in [9.17, 15) is 5.11 Å². The molecule has 1 aromatic rings. The SMILES string of the molecule is Cc1cc(C2OC(C)(C)C(C)(C)O2)ccc1O. The predicted molar refractivity (Wildman–Crippen MR) is 65.9 cm³/mol. The zero-order chi connectivity index (χ0) is 12.8. The summed E-state index contributed by atoms with van der Waals surface area (Å²) in [5.74, 6) is 0.297. The average Bonchev–Trinajstić information content (AvgIpc) is 2.41. The van der Waals surface area contributed by atoms with Crippen molar-refractivity contribution < 1.29 is 14.6 Å². The first-order valence-corrected chi connectivity index (χ1v) is 5.88. The number of phenolic OH excluding ortho intramolecular Hbond substituents is 1. The van der Waals surface area contributed by atoms with Crippen molar-refractivity contribution in [2.75, 3.05) is 0 Å². The molecule has 3 heteroatoms. The molecule has 1 heterocycles. The van der Waals surface area contributed by atoms with Gasteiger partial charge in [0.1, 0.15) is 5.75 Å². The van der Waals surface area contributed by atoms with Crippen LogP contribution in [-0.4, -0.2) is 16.3 Å². The van der Waals surface area contributed by atoms with Crippen LogP contribution >= 0.6 is 0 Å². The second-order valence-electron chi connectivity index (χ2n) is 5.63. The molecule has 0 radical (unpaired) electrons. The third-order valence-corrected chi connectivity index (χ3v) is 3.75. The van der Waals surface area contributed by atoms with E-state index < -0.39 is 0 Å². The van der Waals surface area contributed by atoms with Crippen LogP contribution in [0.5, 0.6) is 5.75 Å². The van der Waals surface area contributed by atoms with Crippen LogP contribution in [0.2, 0.25) is 0 Å². The fourth-order valence-electron chi connectivity index (χ4n) is 1.80. The van der Waals surface area contributed by atoms with E-state index in [-0.39, 0.29) is 17.5 Å². The van der Waals surface area contributed by atoms with Gasteiger partial charge in [0.2, 0.25) is 0 Å². The van der Waals surface area contributed by atoms with Crippen molar-refractivity contribution in [2.24, 2.45) is 0 Å². The van der Waals surface area contributed by atoms with Crippen LogP contribution < -0.4 is 0 Å². The van der Waals surface area contributed by atoms with Gasteiger partial charge in [0.25, 0.3) is 0 Å². The Hall–Kier alpha value is -1.06. The van der Waals surface area contributed by atoms with Crippen molar-refractivity contribution in [3.8, 4) is 5.75 Å². The summed E-state index contributed by atoms with van der Waals surface area (Å²) in [4.78, 5) is 0. The molecule has 0 spiro atoms. The average molecular weight is 236 g/mol. The Labute approximate surface area is 102 Å².